The number of rotatable bonds is 4. The molecule has 1 unspecified atom stereocenters. The first-order chi connectivity index (χ1) is 7.19. The fraction of sp³-hybridized carbons (Fsp3) is 0.545. The molecule has 0 aromatic carbocycles. The Kier molecular flexibility index (Phi) is 5.04. The fourth-order valence-corrected chi connectivity index (χ4v) is 0.713. The highest BCUT2D eigenvalue weighted by Crippen LogP contribution is 2.11. The second-order valence-corrected chi connectivity index (χ2v) is 3.88. The van der Waals surface area contributed by atoms with Crippen LogP contribution in [0, 0.1) is 0 Å². The third kappa shape index (κ3) is 4.84. The Morgan fingerprint density at radius 2 is 1.81 bits per heavy atom. The van der Waals surface area contributed by atoms with E-state index in [1.54, 1.807) is 33.8 Å². The van der Waals surface area contributed by atoms with Crippen LogP contribution in [-0.2, 0) is 14.3 Å². The minimum absolute atomic E-state index is 0.433. The Hall–Kier alpha value is -1.49. The van der Waals surface area contributed by atoms with Crippen LogP contribution in [-0.4, -0.2) is 11.9 Å². The summed E-state index contributed by atoms with van der Waals surface area (Å²) in [5.74, 6) is -2.60. The van der Waals surface area contributed by atoms with Crippen molar-refractivity contribution in [1.29, 1.82) is 0 Å². The number of hydrogen-bond donors (Lipinski definition) is 1. The molecular formula is C11H19NO4. The zero-order valence-electron chi connectivity index (χ0n) is 10.4. The zero-order chi connectivity index (χ0) is 12.9. The molecule has 0 radical (unpaired) electrons. The van der Waals surface area contributed by atoms with Crippen LogP contribution in [0.2, 0.25) is 0 Å². The minimum atomic E-state index is -1.50. The summed E-state index contributed by atoms with van der Waals surface area (Å²) < 4.78 is 9.84. The van der Waals surface area contributed by atoms with E-state index in [1.807, 2.05) is 0 Å². The van der Waals surface area contributed by atoms with Crippen LogP contribution < -0.4 is 10.8 Å². The molecule has 0 spiro atoms. The standard InChI is InChI=1S/C11H19NO4/c1-6-8(4)10(14)16-11(5,12)15-9(13)7(2)3/h6,13H,12H2,1-5H3/b8-6+. The number of carbonyl (C=O) groups is 1. The minimum Gasteiger partial charge on any atom is -0.546 e. The Morgan fingerprint density at radius 3 is 2.19 bits per heavy atom. The van der Waals surface area contributed by atoms with Gasteiger partial charge >= 0.3 is 11.9 Å². The molecule has 0 heterocycles. The summed E-state index contributed by atoms with van der Waals surface area (Å²) in [6.45, 7) is 7.95. The summed E-state index contributed by atoms with van der Waals surface area (Å²) in [6.07, 6.45) is 1.61. The largest absolute Gasteiger partial charge is 0.546 e. The van der Waals surface area contributed by atoms with E-state index >= 15 is 0 Å². The highest BCUT2D eigenvalue weighted by molar-refractivity contribution is 5.87. The number of carbonyl (C=O) groups excluding carboxylic acids is 1. The van der Waals surface area contributed by atoms with Gasteiger partial charge < -0.3 is 20.3 Å². The fourth-order valence-electron chi connectivity index (χ4n) is 0.713. The summed E-state index contributed by atoms with van der Waals surface area (Å²) in [5, 5.41) is 11.3. The van der Waals surface area contributed by atoms with Crippen molar-refractivity contribution in [3.05, 3.63) is 23.2 Å². The summed E-state index contributed by atoms with van der Waals surface area (Å²) >= 11 is 0. The lowest BCUT2D eigenvalue weighted by Gasteiger charge is -2.30. The lowest BCUT2D eigenvalue weighted by Crippen LogP contribution is -2.74. The van der Waals surface area contributed by atoms with Gasteiger partial charge in [-0.25, -0.2) is 4.79 Å². The Labute approximate surface area is 95.5 Å². The van der Waals surface area contributed by atoms with Crippen LogP contribution in [0.5, 0.6) is 0 Å². The second kappa shape index (κ2) is 5.55. The topological polar surface area (TPSA) is 86.2 Å². The Bertz CT molecular complexity index is 325. The SMILES string of the molecule is C/C=C(\C)C(=O)OC(C)([NH3+])OC([O-])=C(C)C. The molecule has 0 fully saturated rings. The lowest BCUT2D eigenvalue weighted by atomic mass is 10.3. The summed E-state index contributed by atoms with van der Waals surface area (Å²) in [5.41, 5.74) is 4.42. The molecule has 0 saturated carbocycles. The molecule has 0 aliphatic carbocycles. The molecule has 0 amide bonds. The smallest absolute Gasteiger partial charge is 0.338 e. The third-order valence-corrected chi connectivity index (χ3v) is 1.78. The zero-order valence-corrected chi connectivity index (χ0v) is 10.4. The van der Waals surface area contributed by atoms with Gasteiger partial charge in [0.25, 0.3) is 0 Å². The van der Waals surface area contributed by atoms with Crippen LogP contribution in [0.1, 0.15) is 34.6 Å². The van der Waals surface area contributed by atoms with Gasteiger partial charge in [0.1, 0.15) is 0 Å². The molecule has 1 atom stereocenters. The lowest BCUT2D eigenvalue weighted by molar-refractivity contribution is -0.625. The van der Waals surface area contributed by atoms with Gasteiger partial charge in [0.2, 0.25) is 0 Å². The van der Waals surface area contributed by atoms with Gasteiger partial charge in [0.05, 0.1) is 5.95 Å². The predicted molar refractivity (Wildman–Crippen MR) is 56.3 cm³/mol. The number of allylic oxidation sites excluding steroid dienone is 2. The van der Waals surface area contributed by atoms with Crippen LogP contribution in [0.15, 0.2) is 23.2 Å². The first-order valence-electron chi connectivity index (χ1n) is 4.94. The molecule has 16 heavy (non-hydrogen) atoms. The highest BCUT2D eigenvalue weighted by Gasteiger charge is 2.25. The number of hydrogen-bond acceptors (Lipinski definition) is 4. The van der Waals surface area contributed by atoms with E-state index in [4.69, 9.17) is 9.47 Å². The molecule has 0 rings (SSSR count). The van der Waals surface area contributed by atoms with Crippen LogP contribution in [0.3, 0.4) is 0 Å². The molecule has 92 valence electrons. The van der Waals surface area contributed by atoms with Crippen LogP contribution in [0.4, 0.5) is 0 Å². The van der Waals surface area contributed by atoms with Crippen LogP contribution >= 0.6 is 0 Å². The van der Waals surface area contributed by atoms with E-state index in [0.29, 0.717) is 11.1 Å². The van der Waals surface area contributed by atoms with Crippen LogP contribution in [0.25, 0.3) is 0 Å². The van der Waals surface area contributed by atoms with Gasteiger partial charge in [-0.05, 0) is 27.7 Å². The number of ether oxygens (including phenoxy) is 2. The average molecular weight is 229 g/mol. The molecule has 5 heteroatoms. The van der Waals surface area contributed by atoms with Crippen molar-refractivity contribution < 1.29 is 25.1 Å². The first kappa shape index (κ1) is 14.5. The predicted octanol–water partition coefficient (Wildman–Crippen LogP) is 0.0397. The molecule has 0 aromatic heterocycles. The van der Waals surface area contributed by atoms with Crippen molar-refractivity contribution in [2.24, 2.45) is 0 Å². The van der Waals surface area contributed by atoms with Crippen molar-refractivity contribution >= 4 is 5.97 Å². The van der Waals surface area contributed by atoms with Crippen molar-refractivity contribution in [1.82, 2.24) is 0 Å². The molecule has 3 N–H and O–H groups in total. The van der Waals surface area contributed by atoms with E-state index in [2.05, 4.69) is 5.73 Å². The Balaban J connectivity index is 4.59. The van der Waals surface area contributed by atoms with E-state index in [1.165, 1.54) is 6.92 Å². The van der Waals surface area contributed by atoms with Gasteiger partial charge in [-0.2, -0.15) is 0 Å². The van der Waals surface area contributed by atoms with Crippen molar-refractivity contribution in [2.45, 2.75) is 40.5 Å². The summed E-state index contributed by atoms with van der Waals surface area (Å²) in [4.78, 5) is 11.4. The van der Waals surface area contributed by atoms with E-state index in [9.17, 15) is 9.90 Å². The van der Waals surface area contributed by atoms with Gasteiger partial charge in [0.15, 0.2) is 0 Å². The monoisotopic (exact) mass is 229 g/mol. The second-order valence-electron chi connectivity index (χ2n) is 3.88. The molecule has 0 saturated heterocycles. The van der Waals surface area contributed by atoms with E-state index < -0.39 is 17.8 Å². The summed E-state index contributed by atoms with van der Waals surface area (Å²) in [7, 11) is 0. The normalized spacial score (nSPS) is 15.0. The maximum atomic E-state index is 11.4. The van der Waals surface area contributed by atoms with Crippen molar-refractivity contribution in [3.8, 4) is 0 Å². The van der Waals surface area contributed by atoms with Gasteiger partial charge in [0, 0.05) is 12.5 Å². The van der Waals surface area contributed by atoms with Gasteiger partial charge in [-0.15, -0.1) is 0 Å². The third-order valence-electron chi connectivity index (χ3n) is 1.78. The average Bonchev–Trinajstić information content (AvgIpc) is 2.14. The molecule has 0 aliphatic heterocycles. The maximum absolute atomic E-state index is 11.4. The van der Waals surface area contributed by atoms with Gasteiger partial charge in [-0.1, -0.05) is 11.6 Å². The molecule has 0 aromatic rings. The van der Waals surface area contributed by atoms with Gasteiger partial charge in [-0.3, -0.25) is 0 Å². The number of esters is 1. The molecular weight excluding hydrogens is 210 g/mol. The van der Waals surface area contributed by atoms with Crippen molar-refractivity contribution in [3.63, 3.8) is 0 Å². The molecule has 5 nitrogen and oxygen atoms in total. The van der Waals surface area contributed by atoms with Crippen molar-refractivity contribution in [2.75, 3.05) is 0 Å². The maximum Gasteiger partial charge on any atom is 0.338 e. The summed E-state index contributed by atoms with van der Waals surface area (Å²) in [6, 6.07) is 0. The molecule has 0 bridgehead atoms. The first-order valence-corrected chi connectivity index (χ1v) is 4.94. The van der Waals surface area contributed by atoms with E-state index in [0.717, 1.165) is 0 Å². The quantitative estimate of drug-likeness (QED) is 0.319. The van der Waals surface area contributed by atoms with E-state index in [-0.39, 0.29) is 0 Å². The molecule has 0 aliphatic rings. The number of quaternary nitrogens is 1. The highest BCUT2D eigenvalue weighted by atomic mass is 16.8. The Morgan fingerprint density at radius 1 is 1.31 bits per heavy atom.